The van der Waals surface area contributed by atoms with E-state index in [9.17, 15) is 13.2 Å². The summed E-state index contributed by atoms with van der Waals surface area (Å²) in [5.41, 5.74) is 3.36. The molecule has 0 aromatic heterocycles. The molecule has 31 heavy (non-hydrogen) atoms. The maximum absolute atomic E-state index is 12.7. The Morgan fingerprint density at radius 3 is 2.42 bits per heavy atom. The van der Waals surface area contributed by atoms with Gasteiger partial charge in [0.1, 0.15) is 12.4 Å². The van der Waals surface area contributed by atoms with E-state index >= 15 is 0 Å². The van der Waals surface area contributed by atoms with E-state index < -0.39 is 10.0 Å². The van der Waals surface area contributed by atoms with E-state index in [-0.39, 0.29) is 29.8 Å². The number of halogens is 1. The molecule has 1 aliphatic heterocycles. The molecule has 0 saturated carbocycles. The molecule has 0 aliphatic carbocycles. The summed E-state index contributed by atoms with van der Waals surface area (Å²) in [6.45, 7) is 4.59. The number of amides is 1. The average Bonchev–Trinajstić information content (AvgIpc) is 2.79. The number of nitrogens with one attached hydrogen (secondary N) is 1. The van der Waals surface area contributed by atoms with Crippen molar-refractivity contribution in [1.82, 2.24) is 9.73 Å². The van der Waals surface area contributed by atoms with Crippen LogP contribution in [0.25, 0.3) is 0 Å². The van der Waals surface area contributed by atoms with Crippen molar-refractivity contribution >= 4 is 33.7 Å². The number of carbonyl (C=O) groups excluding carboxylic acids is 1. The van der Waals surface area contributed by atoms with Crippen LogP contribution in [0, 0.1) is 5.92 Å². The molecule has 3 rings (SSSR count). The summed E-state index contributed by atoms with van der Waals surface area (Å²) < 4.78 is 32.3. The molecule has 0 unspecified atom stereocenters. The van der Waals surface area contributed by atoms with Crippen molar-refractivity contribution in [3.05, 3.63) is 71.8 Å². The van der Waals surface area contributed by atoms with Crippen molar-refractivity contribution in [2.24, 2.45) is 11.0 Å². The topological polar surface area (TPSA) is 88.1 Å². The molecule has 0 atom stereocenters. The first-order valence-electron chi connectivity index (χ1n) is 9.82. The molecule has 0 spiro atoms. The Hall–Kier alpha value is -2.68. The number of rotatable bonds is 8. The minimum absolute atomic E-state index is 0.199. The molecule has 0 radical (unpaired) electrons. The minimum atomic E-state index is -3.59. The second-order valence-electron chi connectivity index (χ2n) is 7.04. The van der Waals surface area contributed by atoms with Crippen LogP contribution in [0.1, 0.15) is 18.4 Å². The summed E-state index contributed by atoms with van der Waals surface area (Å²) >= 11 is 5.83. The van der Waals surface area contributed by atoms with E-state index in [0.717, 1.165) is 11.3 Å². The fourth-order valence-electron chi connectivity index (χ4n) is 3.18. The van der Waals surface area contributed by atoms with E-state index in [0.29, 0.717) is 24.5 Å². The lowest BCUT2D eigenvalue weighted by atomic mass is 9.98. The number of sulfonamides is 1. The molecule has 2 aromatic rings. The first-order valence-corrected chi connectivity index (χ1v) is 11.6. The first-order chi connectivity index (χ1) is 14.9. The van der Waals surface area contributed by atoms with Gasteiger partial charge in [-0.2, -0.15) is 9.41 Å². The Morgan fingerprint density at radius 1 is 1.16 bits per heavy atom. The van der Waals surface area contributed by atoms with Gasteiger partial charge in [0, 0.05) is 24.0 Å². The molecule has 1 saturated heterocycles. The number of ether oxygens (including phenoxy) is 1. The van der Waals surface area contributed by atoms with Crippen molar-refractivity contribution in [1.29, 1.82) is 0 Å². The number of nitrogens with zero attached hydrogens (tertiary/aromatic N) is 2. The fourth-order valence-corrected chi connectivity index (χ4v) is 4.78. The summed E-state index contributed by atoms with van der Waals surface area (Å²) in [5, 5.41) is 4.48. The highest BCUT2D eigenvalue weighted by molar-refractivity contribution is 7.89. The lowest BCUT2D eigenvalue weighted by Gasteiger charge is -2.30. The van der Waals surface area contributed by atoms with E-state index in [1.807, 2.05) is 24.3 Å². The van der Waals surface area contributed by atoms with Crippen LogP contribution in [0.15, 0.2) is 71.2 Å². The predicted molar refractivity (Wildman–Crippen MR) is 121 cm³/mol. The highest BCUT2D eigenvalue weighted by Crippen LogP contribution is 2.24. The minimum Gasteiger partial charge on any atom is -0.490 e. The Kier molecular flexibility index (Phi) is 7.84. The molecule has 7 nitrogen and oxygen atoms in total. The van der Waals surface area contributed by atoms with E-state index in [4.69, 9.17) is 16.3 Å². The maximum atomic E-state index is 12.7. The van der Waals surface area contributed by atoms with Crippen molar-refractivity contribution < 1.29 is 17.9 Å². The summed E-state index contributed by atoms with van der Waals surface area (Å²) in [4.78, 5) is 12.6. The van der Waals surface area contributed by atoms with Gasteiger partial charge in [-0.25, -0.2) is 13.8 Å². The smallest absolute Gasteiger partial charge is 0.243 e. The summed E-state index contributed by atoms with van der Waals surface area (Å²) in [5.74, 6) is 0.218. The first kappa shape index (κ1) is 23.0. The van der Waals surface area contributed by atoms with E-state index in [1.54, 1.807) is 24.4 Å². The lowest BCUT2D eigenvalue weighted by molar-refractivity contribution is -0.126. The molecule has 1 N–H and O–H groups in total. The van der Waals surface area contributed by atoms with Gasteiger partial charge in [0.25, 0.3) is 0 Å². The molecular weight excluding hydrogens is 438 g/mol. The summed E-state index contributed by atoms with van der Waals surface area (Å²) in [7, 11) is -3.59. The number of carbonyl (C=O) groups is 1. The van der Waals surface area contributed by atoms with Gasteiger partial charge < -0.3 is 4.74 Å². The summed E-state index contributed by atoms with van der Waals surface area (Å²) in [6.07, 6.45) is 4.09. The van der Waals surface area contributed by atoms with Crippen LogP contribution in [-0.2, 0) is 14.8 Å². The zero-order valence-electron chi connectivity index (χ0n) is 16.9. The Bertz CT molecular complexity index is 1030. The van der Waals surface area contributed by atoms with Gasteiger partial charge in [-0.3, -0.25) is 4.79 Å². The average molecular weight is 462 g/mol. The number of hydrazone groups is 1. The van der Waals surface area contributed by atoms with Crippen molar-refractivity contribution in [3.63, 3.8) is 0 Å². The van der Waals surface area contributed by atoms with Gasteiger partial charge in [-0.05, 0) is 66.9 Å². The highest BCUT2D eigenvalue weighted by Gasteiger charge is 2.32. The molecule has 1 fully saturated rings. The number of hydrogen-bond acceptors (Lipinski definition) is 5. The van der Waals surface area contributed by atoms with Crippen LogP contribution in [0.4, 0.5) is 0 Å². The molecule has 0 bridgehead atoms. The van der Waals surface area contributed by atoms with Gasteiger partial charge in [0.15, 0.2) is 0 Å². The molecule has 9 heteroatoms. The standard InChI is InChI=1S/C22H24ClN3O4S/c1-2-15-30-20-7-3-17(4-8-20)16-24-25-22(27)18-11-13-26(14-12-18)31(28,29)21-9-5-19(23)6-10-21/h2-10,16,18H,1,11-15H2,(H,25,27)/b24-16-. The summed E-state index contributed by atoms with van der Waals surface area (Å²) in [6, 6.07) is 13.4. The third-order valence-electron chi connectivity index (χ3n) is 4.91. The van der Waals surface area contributed by atoms with Crippen LogP contribution in [0.3, 0.4) is 0 Å². The van der Waals surface area contributed by atoms with Gasteiger partial charge in [-0.1, -0.05) is 24.3 Å². The number of hydrogen-bond donors (Lipinski definition) is 1. The number of piperidine rings is 1. The Labute approximate surface area is 187 Å². The van der Waals surface area contributed by atoms with Crippen LogP contribution in [0.5, 0.6) is 5.75 Å². The molecule has 1 heterocycles. The van der Waals surface area contributed by atoms with Gasteiger partial charge in [0.05, 0.1) is 11.1 Å². The van der Waals surface area contributed by atoms with E-state index in [2.05, 4.69) is 17.1 Å². The Balaban J connectivity index is 1.49. The maximum Gasteiger partial charge on any atom is 0.243 e. The van der Waals surface area contributed by atoms with Crippen LogP contribution in [0.2, 0.25) is 5.02 Å². The van der Waals surface area contributed by atoms with Crippen molar-refractivity contribution in [2.45, 2.75) is 17.7 Å². The second kappa shape index (κ2) is 10.6. The predicted octanol–water partition coefficient (Wildman–Crippen LogP) is 3.46. The zero-order chi connectivity index (χ0) is 22.3. The van der Waals surface area contributed by atoms with Crippen molar-refractivity contribution in [2.75, 3.05) is 19.7 Å². The van der Waals surface area contributed by atoms with Crippen LogP contribution < -0.4 is 10.2 Å². The molecule has 164 valence electrons. The molecule has 2 aromatic carbocycles. The molecule has 1 amide bonds. The second-order valence-corrected chi connectivity index (χ2v) is 9.41. The quantitative estimate of drug-likeness (QED) is 0.370. The van der Waals surface area contributed by atoms with Gasteiger partial charge in [0.2, 0.25) is 15.9 Å². The normalized spacial score (nSPS) is 15.6. The van der Waals surface area contributed by atoms with E-state index in [1.165, 1.54) is 16.4 Å². The highest BCUT2D eigenvalue weighted by atomic mass is 35.5. The van der Waals surface area contributed by atoms with Crippen LogP contribution >= 0.6 is 11.6 Å². The fraction of sp³-hybridized carbons (Fsp3) is 0.273. The molecule has 1 aliphatic rings. The third-order valence-corrected chi connectivity index (χ3v) is 7.08. The van der Waals surface area contributed by atoms with Crippen LogP contribution in [-0.4, -0.2) is 44.5 Å². The van der Waals surface area contributed by atoms with Gasteiger partial charge in [-0.15, -0.1) is 0 Å². The monoisotopic (exact) mass is 461 g/mol. The number of benzene rings is 2. The zero-order valence-corrected chi connectivity index (χ0v) is 18.5. The molecular formula is C22H24ClN3O4S. The lowest BCUT2D eigenvalue weighted by Crippen LogP contribution is -2.42. The Morgan fingerprint density at radius 2 is 1.81 bits per heavy atom. The SMILES string of the molecule is C=CCOc1ccc(/C=N\NC(=O)C2CCN(S(=O)(=O)c3ccc(Cl)cc3)CC2)cc1. The van der Waals surface area contributed by atoms with Crippen molar-refractivity contribution in [3.8, 4) is 5.75 Å². The largest absolute Gasteiger partial charge is 0.490 e. The van der Waals surface area contributed by atoms with Gasteiger partial charge >= 0.3 is 0 Å². The third kappa shape index (κ3) is 6.16.